The quantitative estimate of drug-likeness (QED) is 0.896. The van der Waals surface area contributed by atoms with Crippen LogP contribution in [0.5, 0.6) is 5.75 Å². The maximum atomic E-state index is 11.2. The highest BCUT2D eigenvalue weighted by molar-refractivity contribution is 5.82. The number of hydrogen-bond acceptors (Lipinski definition) is 4. The van der Waals surface area contributed by atoms with E-state index in [1.165, 1.54) is 0 Å². The van der Waals surface area contributed by atoms with Crippen LogP contribution in [-0.2, 0) is 10.2 Å². The predicted octanol–water partition coefficient (Wildman–Crippen LogP) is 2.00. The van der Waals surface area contributed by atoms with E-state index in [2.05, 4.69) is 9.97 Å². The molecule has 0 radical (unpaired) electrons. The predicted molar refractivity (Wildman–Crippen MR) is 66.8 cm³/mol. The maximum Gasteiger partial charge on any atom is 0.316 e. The number of aromatic nitrogens is 2. The zero-order chi connectivity index (χ0) is 13.3. The van der Waals surface area contributed by atoms with Gasteiger partial charge in [-0.3, -0.25) is 4.79 Å². The first-order chi connectivity index (χ1) is 8.45. The summed E-state index contributed by atoms with van der Waals surface area (Å²) < 4.78 is 5.12. The van der Waals surface area contributed by atoms with E-state index in [1.807, 2.05) is 12.1 Å². The molecule has 0 amide bonds. The molecule has 0 atom stereocenters. The lowest BCUT2D eigenvalue weighted by Gasteiger charge is -2.17. The number of carboxylic acids is 1. The molecule has 2 aromatic rings. The molecule has 1 aromatic heterocycles. The van der Waals surface area contributed by atoms with Crippen LogP contribution < -0.4 is 4.74 Å². The van der Waals surface area contributed by atoms with Crippen LogP contribution in [0.3, 0.4) is 0 Å². The molecule has 5 nitrogen and oxygen atoms in total. The molecule has 0 bridgehead atoms. The Morgan fingerprint density at radius 2 is 2.11 bits per heavy atom. The standard InChI is InChI=1S/C13H14N2O3/c1-13(2,12(16)17)11-14-7-8-4-5-9(18-3)6-10(8)15-11/h4-7H,1-3H3,(H,16,17). The molecule has 2 rings (SSSR count). The third-order valence-corrected chi connectivity index (χ3v) is 2.88. The first-order valence-corrected chi connectivity index (χ1v) is 5.50. The van der Waals surface area contributed by atoms with Crippen molar-refractivity contribution in [1.29, 1.82) is 0 Å². The zero-order valence-electron chi connectivity index (χ0n) is 10.5. The fourth-order valence-electron chi connectivity index (χ4n) is 1.53. The van der Waals surface area contributed by atoms with E-state index in [1.54, 1.807) is 33.2 Å². The van der Waals surface area contributed by atoms with E-state index in [-0.39, 0.29) is 5.82 Å². The van der Waals surface area contributed by atoms with Gasteiger partial charge < -0.3 is 9.84 Å². The molecular formula is C13H14N2O3. The highest BCUT2D eigenvalue weighted by atomic mass is 16.5. The van der Waals surface area contributed by atoms with Crippen molar-refractivity contribution < 1.29 is 14.6 Å². The summed E-state index contributed by atoms with van der Waals surface area (Å²) >= 11 is 0. The minimum Gasteiger partial charge on any atom is -0.497 e. The van der Waals surface area contributed by atoms with Gasteiger partial charge >= 0.3 is 5.97 Å². The lowest BCUT2D eigenvalue weighted by molar-refractivity contribution is -0.142. The largest absolute Gasteiger partial charge is 0.497 e. The number of nitrogens with zero attached hydrogens (tertiary/aromatic N) is 2. The maximum absolute atomic E-state index is 11.2. The summed E-state index contributed by atoms with van der Waals surface area (Å²) in [7, 11) is 1.57. The molecule has 0 saturated carbocycles. The first-order valence-electron chi connectivity index (χ1n) is 5.50. The van der Waals surface area contributed by atoms with Gasteiger partial charge in [0.2, 0.25) is 0 Å². The number of hydrogen-bond donors (Lipinski definition) is 1. The third kappa shape index (κ3) is 1.99. The van der Waals surface area contributed by atoms with E-state index in [4.69, 9.17) is 9.84 Å². The molecule has 0 saturated heterocycles. The average Bonchev–Trinajstić information content (AvgIpc) is 2.37. The lowest BCUT2D eigenvalue weighted by Crippen LogP contribution is -2.30. The number of fused-ring (bicyclic) bond motifs is 1. The SMILES string of the molecule is COc1ccc2cnc(C(C)(C)C(=O)O)nc2c1. The molecule has 0 aliphatic carbocycles. The molecule has 1 N–H and O–H groups in total. The number of carboxylic acid groups (broad SMARTS) is 1. The van der Waals surface area contributed by atoms with E-state index >= 15 is 0 Å². The average molecular weight is 246 g/mol. The fraction of sp³-hybridized carbons (Fsp3) is 0.308. The van der Waals surface area contributed by atoms with Crippen molar-refractivity contribution in [2.45, 2.75) is 19.3 Å². The molecule has 0 aliphatic rings. The van der Waals surface area contributed by atoms with Gasteiger partial charge in [-0.15, -0.1) is 0 Å². The summed E-state index contributed by atoms with van der Waals surface area (Å²) in [5.41, 5.74) is -0.439. The highest BCUT2D eigenvalue weighted by Crippen LogP contribution is 2.23. The summed E-state index contributed by atoms with van der Waals surface area (Å²) in [4.78, 5) is 19.6. The topological polar surface area (TPSA) is 72.3 Å². The van der Waals surface area contributed by atoms with Gasteiger partial charge in [0.25, 0.3) is 0 Å². The zero-order valence-corrected chi connectivity index (χ0v) is 10.5. The molecule has 0 unspecified atom stereocenters. The Morgan fingerprint density at radius 1 is 1.39 bits per heavy atom. The van der Waals surface area contributed by atoms with E-state index < -0.39 is 11.4 Å². The van der Waals surface area contributed by atoms with Crippen molar-refractivity contribution in [3.8, 4) is 5.75 Å². The Kier molecular flexibility index (Phi) is 2.90. The van der Waals surface area contributed by atoms with Gasteiger partial charge in [-0.2, -0.15) is 0 Å². The monoisotopic (exact) mass is 246 g/mol. The van der Waals surface area contributed by atoms with Crippen molar-refractivity contribution in [2.75, 3.05) is 7.11 Å². The van der Waals surface area contributed by atoms with E-state index in [0.29, 0.717) is 11.3 Å². The van der Waals surface area contributed by atoms with Crippen LogP contribution >= 0.6 is 0 Å². The van der Waals surface area contributed by atoms with Gasteiger partial charge in [-0.25, -0.2) is 9.97 Å². The Hall–Kier alpha value is -2.17. The molecule has 1 heterocycles. The van der Waals surface area contributed by atoms with Gasteiger partial charge in [0.1, 0.15) is 17.0 Å². The number of aliphatic carboxylic acids is 1. The molecule has 18 heavy (non-hydrogen) atoms. The van der Waals surface area contributed by atoms with Crippen LogP contribution in [0.15, 0.2) is 24.4 Å². The fourth-order valence-corrected chi connectivity index (χ4v) is 1.53. The van der Waals surface area contributed by atoms with Crippen molar-refractivity contribution >= 4 is 16.9 Å². The third-order valence-electron chi connectivity index (χ3n) is 2.88. The normalized spacial score (nSPS) is 11.5. The molecule has 0 fully saturated rings. The second-order valence-electron chi connectivity index (χ2n) is 4.55. The Balaban J connectivity index is 2.58. The van der Waals surface area contributed by atoms with Crippen molar-refractivity contribution in [2.24, 2.45) is 0 Å². The van der Waals surface area contributed by atoms with Gasteiger partial charge in [-0.1, -0.05) is 0 Å². The van der Waals surface area contributed by atoms with Crippen LogP contribution in [-0.4, -0.2) is 28.2 Å². The smallest absolute Gasteiger partial charge is 0.316 e. The summed E-state index contributed by atoms with van der Waals surface area (Å²) in [5.74, 6) is 0.0146. The van der Waals surface area contributed by atoms with Gasteiger partial charge in [0.15, 0.2) is 0 Å². The van der Waals surface area contributed by atoms with Crippen molar-refractivity contribution in [3.05, 3.63) is 30.2 Å². The molecule has 0 spiro atoms. The Labute approximate surface area is 104 Å². The van der Waals surface area contributed by atoms with E-state index in [0.717, 1.165) is 5.39 Å². The first kappa shape index (κ1) is 12.3. The van der Waals surface area contributed by atoms with Crippen LogP contribution in [0.4, 0.5) is 0 Å². The summed E-state index contributed by atoms with van der Waals surface area (Å²) in [6.45, 7) is 3.16. The highest BCUT2D eigenvalue weighted by Gasteiger charge is 2.32. The van der Waals surface area contributed by atoms with Crippen LogP contribution in [0, 0.1) is 0 Å². The Morgan fingerprint density at radius 3 is 2.72 bits per heavy atom. The second kappa shape index (κ2) is 4.25. The van der Waals surface area contributed by atoms with Crippen LogP contribution in [0.1, 0.15) is 19.7 Å². The summed E-state index contributed by atoms with van der Waals surface area (Å²) in [6, 6.07) is 5.41. The minimum absolute atomic E-state index is 0.288. The van der Waals surface area contributed by atoms with Gasteiger partial charge in [0, 0.05) is 17.6 Å². The molecule has 0 aliphatic heterocycles. The van der Waals surface area contributed by atoms with Gasteiger partial charge in [-0.05, 0) is 26.0 Å². The number of carbonyl (C=O) groups is 1. The Bertz CT molecular complexity index is 608. The van der Waals surface area contributed by atoms with Crippen molar-refractivity contribution in [3.63, 3.8) is 0 Å². The second-order valence-corrected chi connectivity index (χ2v) is 4.55. The summed E-state index contributed by atoms with van der Waals surface area (Å²) in [5, 5.41) is 10.0. The number of benzene rings is 1. The number of methoxy groups -OCH3 is 1. The molecule has 94 valence electrons. The van der Waals surface area contributed by atoms with Crippen molar-refractivity contribution in [1.82, 2.24) is 9.97 Å². The van der Waals surface area contributed by atoms with Crippen LogP contribution in [0.25, 0.3) is 10.9 Å². The summed E-state index contributed by atoms with van der Waals surface area (Å²) in [6.07, 6.45) is 1.63. The molecule has 1 aromatic carbocycles. The number of rotatable bonds is 3. The molecule has 5 heteroatoms. The lowest BCUT2D eigenvalue weighted by atomic mass is 9.92. The minimum atomic E-state index is -1.11. The number of ether oxygens (including phenoxy) is 1. The van der Waals surface area contributed by atoms with Gasteiger partial charge in [0.05, 0.1) is 12.6 Å². The van der Waals surface area contributed by atoms with E-state index in [9.17, 15) is 4.79 Å². The molecular weight excluding hydrogens is 232 g/mol. The van der Waals surface area contributed by atoms with Crippen LogP contribution in [0.2, 0.25) is 0 Å².